The number of benzene rings is 1. The summed E-state index contributed by atoms with van der Waals surface area (Å²) in [5, 5.41) is 6.79. The highest BCUT2D eigenvalue weighted by molar-refractivity contribution is 7.99. The molecule has 2 N–H and O–H groups in total. The van der Waals surface area contributed by atoms with Crippen LogP contribution < -0.4 is 10.6 Å². The van der Waals surface area contributed by atoms with E-state index < -0.39 is 0 Å². The van der Waals surface area contributed by atoms with Crippen molar-refractivity contribution in [3.63, 3.8) is 0 Å². The Labute approximate surface area is 160 Å². The molecule has 2 rings (SSSR count). The topological polar surface area (TPSA) is 48.9 Å². The zero-order valence-electron chi connectivity index (χ0n) is 16.2. The highest BCUT2D eigenvalue weighted by Gasteiger charge is 2.23. The molecule has 26 heavy (non-hydrogen) atoms. The molecule has 0 radical (unpaired) electrons. The number of hydrogen-bond donors (Lipinski definition) is 2. The van der Waals surface area contributed by atoms with Crippen molar-refractivity contribution in [3.05, 3.63) is 35.6 Å². The molecule has 1 atom stereocenters. The summed E-state index contributed by atoms with van der Waals surface area (Å²) in [5.74, 6) is 0.562. The first-order chi connectivity index (χ1) is 12.4. The van der Waals surface area contributed by atoms with Gasteiger partial charge in [0.1, 0.15) is 5.82 Å². The molecule has 1 fully saturated rings. The molecule has 1 unspecified atom stereocenters. The van der Waals surface area contributed by atoms with Crippen LogP contribution in [0.2, 0.25) is 0 Å². The summed E-state index contributed by atoms with van der Waals surface area (Å²) in [4.78, 5) is 6.66. The van der Waals surface area contributed by atoms with Gasteiger partial charge in [-0.2, -0.15) is 11.8 Å². The number of morpholine rings is 1. The van der Waals surface area contributed by atoms with E-state index in [4.69, 9.17) is 4.74 Å². The van der Waals surface area contributed by atoms with Gasteiger partial charge in [0.2, 0.25) is 0 Å². The van der Waals surface area contributed by atoms with Gasteiger partial charge < -0.3 is 15.4 Å². The summed E-state index contributed by atoms with van der Waals surface area (Å²) < 4.78 is 19.3. The summed E-state index contributed by atoms with van der Waals surface area (Å²) in [6, 6.07) is 6.93. The number of halogens is 1. The van der Waals surface area contributed by atoms with Crippen LogP contribution in [-0.4, -0.2) is 68.3 Å². The van der Waals surface area contributed by atoms with Crippen LogP contribution in [-0.2, 0) is 4.74 Å². The number of rotatable bonds is 7. The molecule has 0 bridgehead atoms. The van der Waals surface area contributed by atoms with Crippen molar-refractivity contribution in [3.8, 4) is 0 Å². The third-order valence-corrected chi connectivity index (χ3v) is 5.89. The third-order valence-electron chi connectivity index (χ3n) is 4.64. The minimum Gasteiger partial charge on any atom is -0.379 e. The second kappa shape index (κ2) is 10.1. The average molecular weight is 383 g/mol. The first-order valence-electron chi connectivity index (χ1n) is 9.02. The van der Waals surface area contributed by atoms with Crippen molar-refractivity contribution in [1.82, 2.24) is 15.5 Å². The van der Waals surface area contributed by atoms with Gasteiger partial charge in [-0.3, -0.25) is 9.89 Å². The van der Waals surface area contributed by atoms with Crippen LogP contribution in [0.1, 0.15) is 25.5 Å². The number of ether oxygens (including phenoxy) is 1. The van der Waals surface area contributed by atoms with E-state index in [-0.39, 0.29) is 16.6 Å². The Hall–Kier alpha value is -1.31. The molecular formula is C19H31FN4OS. The summed E-state index contributed by atoms with van der Waals surface area (Å²) in [7, 11) is 1.77. The van der Waals surface area contributed by atoms with Crippen molar-refractivity contribution in [2.45, 2.75) is 24.6 Å². The van der Waals surface area contributed by atoms with Crippen molar-refractivity contribution in [2.75, 3.05) is 52.7 Å². The van der Waals surface area contributed by atoms with Crippen LogP contribution in [0.15, 0.2) is 29.3 Å². The Morgan fingerprint density at radius 3 is 2.69 bits per heavy atom. The highest BCUT2D eigenvalue weighted by Crippen LogP contribution is 2.22. The Morgan fingerprint density at radius 1 is 1.35 bits per heavy atom. The van der Waals surface area contributed by atoms with E-state index in [1.54, 1.807) is 19.2 Å². The maximum Gasteiger partial charge on any atom is 0.191 e. The number of guanidine groups is 1. The third kappa shape index (κ3) is 6.45. The Balaban J connectivity index is 2.03. The van der Waals surface area contributed by atoms with Crippen LogP contribution in [0.25, 0.3) is 0 Å². The molecule has 7 heteroatoms. The number of thioether (sulfide) groups is 1. The van der Waals surface area contributed by atoms with Crippen molar-refractivity contribution in [2.24, 2.45) is 4.99 Å². The minimum atomic E-state index is -0.204. The fourth-order valence-electron chi connectivity index (χ4n) is 2.84. The van der Waals surface area contributed by atoms with Gasteiger partial charge in [0, 0.05) is 38.0 Å². The van der Waals surface area contributed by atoms with Gasteiger partial charge in [-0.05, 0) is 37.8 Å². The Kier molecular flexibility index (Phi) is 8.18. The lowest BCUT2D eigenvalue weighted by molar-refractivity contribution is 0.0169. The predicted octanol–water partition coefficient (Wildman–Crippen LogP) is 2.51. The van der Waals surface area contributed by atoms with E-state index in [2.05, 4.69) is 40.6 Å². The van der Waals surface area contributed by atoms with Crippen LogP contribution in [0.5, 0.6) is 0 Å². The lowest BCUT2D eigenvalue weighted by Crippen LogP contribution is -2.48. The van der Waals surface area contributed by atoms with Crippen molar-refractivity contribution < 1.29 is 9.13 Å². The van der Waals surface area contributed by atoms with Gasteiger partial charge in [0.25, 0.3) is 0 Å². The van der Waals surface area contributed by atoms with Gasteiger partial charge in [-0.25, -0.2) is 4.39 Å². The van der Waals surface area contributed by atoms with E-state index in [0.29, 0.717) is 19.8 Å². The van der Waals surface area contributed by atoms with Gasteiger partial charge in [-0.15, -0.1) is 0 Å². The largest absolute Gasteiger partial charge is 0.379 e. The van der Waals surface area contributed by atoms with Gasteiger partial charge in [0.15, 0.2) is 5.96 Å². The fourth-order valence-corrected chi connectivity index (χ4v) is 3.06. The molecule has 1 aromatic carbocycles. The first kappa shape index (κ1) is 21.0. The zero-order chi connectivity index (χ0) is 19.0. The highest BCUT2D eigenvalue weighted by atomic mass is 32.2. The lowest BCUT2D eigenvalue weighted by atomic mass is 10.0. The van der Waals surface area contributed by atoms with Crippen LogP contribution >= 0.6 is 11.8 Å². The quantitative estimate of drug-likeness (QED) is 0.561. The van der Waals surface area contributed by atoms with E-state index in [0.717, 1.165) is 31.2 Å². The second-order valence-electron chi connectivity index (χ2n) is 6.99. The molecule has 0 aliphatic carbocycles. The van der Waals surface area contributed by atoms with Crippen molar-refractivity contribution in [1.29, 1.82) is 0 Å². The molecule has 146 valence electrons. The normalized spacial score (nSPS) is 17.8. The van der Waals surface area contributed by atoms with Crippen LogP contribution in [0, 0.1) is 5.82 Å². The molecule has 0 aromatic heterocycles. The molecule has 1 aliphatic heterocycles. The lowest BCUT2D eigenvalue weighted by Gasteiger charge is -2.35. The summed E-state index contributed by atoms with van der Waals surface area (Å²) in [5.41, 5.74) is 0.972. The van der Waals surface area contributed by atoms with E-state index in [1.165, 1.54) is 6.07 Å². The van der Waals surface area contributed by atoms with E-state index in [9.17, 15) is 4.39 Å². The predicted molar refractivity (Wildman–Crippen MR) is 108 cm³/mol. The smallest absolute Gasteiger partial charge is 0.191 e. The Morgan fingerprint density at radius 2 is 2.08 bits per heavy atom. The minimum absolute atomic E-state index is 0.0710. The molecule has 1 saturated heterocycles. The molecule has 0 amide bonds. The van der Waals surface area contributed by atoms with E-state index >= 15 is 0 Å². The summed E-state index contributed by atoms with van der Waals surface area (Å²) in [6.45, 7) is 8.96. The van der Waals surface area contributed by atoms with Gasteiger partial charge in [0.05, 0.1) is 19.3 Å². The molecule has 1 heterocycles. The number of nitrogens with one attached hydrogen (secondary N) is 2. The molecule has 0 spiro atoms. The number of nitrogens with zero attached hydrogens (tertiary/aromatic N) is 2. The molecular weight excluding hydrogens is 351 g/mol. The average Bonchev–Trinajstić information content (AvgIpc) is 2.65. The van der Waals surface area contributed by atoms with Crippen LogP contribution in [0.3, 0.4) is 0 Å². The maximum atomic E-state index is 13.7. The standard InChI is InChI=1S/C19H31FN4OS/c1-19(2,26-4)14-23-18(21-3)22-13-17(24-8-10-25-11-9-24)15-6-5-7-16(20)12-15/h5-7,12,17H,8-11,13-14H2,1-4H3,(H2,21,22,23). The fraction of sp³-hybridized carbons (Fsp3) is 0.632. The summed E-state index contributed by atoms with van der Waals surface area (Å²) in [6.07, 6.45) is 2.11. The van der Waals surface area contributed by atoms with E-state index in [1.807, 2.05) is 17.8 Å². The number of hydrogen-bond acceptors (Lipinski definition) is 4. The first-order valence-corrected chi connectivity index (χ1v) is 10.2. The second-order valence-corrected chi connectivity index (χ2v) is 8.50. The molecule has 0 saturated carbocycles. The maximum absolute atomic E-state index is 13.7. The van der Waals surface area contributed by atoms with Gasteiger partial charge in [-0.1, -0.05) is 12.1 Å². The Bertz CT molecular complexity index is 591. The van der Waals surface area contributed by atoms with Crippen LogP contribution in [0.4, 0.5) is 4.39 Å². The van der Waals surface area contributed by atoms with Gasteiger partial charge >= 0.3 is 0 Å². The molecule has 1 aliphatic rings. The zero-order valence-corrected chi connectivity index (χ0v) is 17.0. The van der Waals surface area contributed by atoms with Crippen molar-refractivity contribution >= 4 is 17.7 Å². The molecule has 1 aromatic rings. The number of aliphatic imine (C=N–C) groups is 1. The summed E-state index contributed by atoms with van der Waals surface area (Å²) >= 11 is 1.82. The SMILES string of the molecule is CN=C(NCC(c1cccc(F)c1)N1CCOCC1)NCC(C)(C)SC. The molecule has 5 nitrogen and oxygen atoms in total. The monoisotopic (exact) mass is 382 g/mol.